The molecule has 0 N–H and O–H groups in total. The highest BCUT2D eigenvalue weighted by Gasteiger charge is 2.36. The van der Waals surface area contributed by atoms with E-state index in [-0.39, 0.29) is 25.4 Å². The van der Waals surface area contributed by atoms with Crippen LogP contribution in [-0.2, 0) is 22.5 Å². The Morgan fingerprint density at radius 3 is 2.57 bits per heavy atom. The number of carbonyl (C=O) groups is 1. The Morgan fingerprint density at radius 1 is 1.12 bits per heavy atom. The molecule has 12 nitrogen and oxygen atoms in total. The summed E-state index contributed by atoms with van der Waals surface area (Å²) in [6, 6.07) is 9.56. The monoisotopic (exact) mass is 579 g/mol. The fourth-order valence-electron chi connectivity index (χ4n) is 5.24. The highest BCUT2D eigenvalue weighted by molar-refractivity contribution is 5.84. The second-order valence-corrected chi connectivity index (χ2v) is 10.8. The van der Waals surface area contributed by atoms with Gasteiger partial charge in [-0.1, -0.05) is 30.3 Å². The number of amides is 1. The predicted molar refractivity (Wildman–Crippen MR) is 150 cm³/mol. The van der Waals surface area contributed by atoms with Gasteiger partial charge in [0, 0.05) is 31.7 Å². The molecule has 1 unspecified atom stereocenters. The fourth-order valence-corrected chi connectivity index (χ4v) is 5.24. The molecule has 224 valence electrons. The zero-order valence-corrected chi connectivity index (χ0v) is 24.7. The number of hydrogen-bond donors (Lipinski definition) is 0. The summed E-state index contributed by atoms with van der Waals surface area (Å²) in [5, 5.41) is 19.3. The predicted octanol–water partition coefficient (Wildman–Crippen LogP) is 2.63. The van der Waals surface area contributed by atoms with Crippen molar-refractivity contribution >= 4 is 17.9 Å². The molecule has 5 rings (SSSR count). The molecular weight excluding hydrogens is 542 g/mol. The van der Waals surface area contributed by atoms with Crippen LogP contribution in [0.1, 0.15) is 41.2 Å². The van der Waals surface area contributed by atoms with Crippen LogP contribution in [0.4, 0.5) is 10.7 Å². The summed E-state index contributed by atoms with van der Waals surface area (Å²) in [5.74, 6) is 1.11. The van der Waals surface area contributed by atoms with Crippen molar-refractivity contribution in [2.75, 3.05) is 45.1 Å². The molecule has 1 aromatic heterocycles. The number of benzene rings is 2. The van der Waals surface area contributed by atoms with Crippen LogP contribution in [0, 0.1) is 20.8 Å². The first-order chi connectivity index (χ1) is 20.2. The Kier molecular flexibility index (Phi) is 8.53. The Morgan fingerprint density at radius 2 is 1.86 bits per heavy atom. The summed E-state index contributed by atoms with van der Waals surface area (Å²) in [4.78, 5) is 19.9. The summed E-state index contributed by atoms with van der Waals surface area (Å²) in [6.45, 7) is 10.0. The van der Waals surface area contributed by atoms with Crippen molar-refractivity contribution in [2.24, 2.45) is 4.99 Å². The second-order valence-electron chi connectivity index (χ2n) is 10.8. The van der Waals surface area contributed by atoms with E-state index in [1.54, 1.807) is 25.1 Å². The van der Waals surface area contributed by atoms with Crippen molar-refractivity contribution in [1.29, 1.82) is 0 Å². The van der Waals surface area contributed by atoms with E-state index in [2.05, 4.69) is 10.3 Å². The van der Waals surface area contributed by atoms with Crippen LogP contribution in [0.2, 0.25) is 0 Å². The third-order valence-electron chi connectivity index (χ3n) is 7.93. The summed E-state index contributed by atoms with van der Waals surface area (Å²) >= 11 is 0. The van der Waals surface area contributed by atoms with Gasteiger partial charge in [-0.2, -0.15) is 0 Å². The molecule has 0 radical (unpaired) electrons. The van der Waals surface area contributed by atoms with Gasteiger partial charge < -0.3 is 29.0 Å². The Hall–Kier alpha value is -4.32. The van der Waals surface area contributed by atoms with Crippen LogP contribution in [0.5, 0.6) is 11.5 Å². The number of aliphatic imine (C=N–C) groups is 1. The molecule has 2 aliphatic rings. The molecule has 3 aromatic rings. The highest BCUT2D eigenvalue weighted by atomic mass is 16.7. The summed E-state index contributed by atoms with van der Waals surface area (Å²) < 4.78 is 28.1. The summed E-state index contributed by atoms with van der Waals surface area (Å²) in [7, 11) is 1.59. The number of methoxy groups -OCH3 is 1. The molecule has 1 saturated heterocycles. The lowest BCUT2D eigenvalue weighted by atomic mass is 9.87. The van der Waals surface area contributed by atoms with Gasteiger partial charge in [0.25, 0.3) is 6.20 Å². The first-order valence-corrected chi connectivity index (χ1v) is 14.0. The van der Waals surface area contributed by atoms with Gasteiger partial charge in [-0.3, -0.25) is 4.52 Å². The van der Waals surface area contributed by atoms with Gasteiger partial charge in [0.05, 0.1) is 17.9 Å². The number of nitrogens with zero attached hydrogens (tertiary/aromatic N) is 5. The molecular formula is C30H37N5O7. The van der Waals surface area contributed by atoms with Gasteiger partial charge in [0.1, 0.15) is 23.7 Å². The van der Waals surface area contributed by atoms with E-state index in [0.29, 0.717) is 44.8 Å². The lowest BCUT2D eigenvalue weighted by Crippen LogP contribution is -2.65. The molecule has 0 spiro atoms. The average Bonchev–Trinajstić information content (AvgIpc) is 3.47. The normalized spacial score (nSPS) is 18.8. The van der Waals surface area contributed by atoms with E-state index in [1.165, 1.54) is 4.79 Å². The van der Waals surface area contributed by atoms with Crippen molar-refractivity contribution in [3.8, 4) is 11.5 Å². The summed E-state index contributed by atoms with van der Waals surface area (Å²) in [5.41, 5.74) is 3.65. The minimum absolute atomic E-state index is 0.0766. The van der Waals surface area contributed by atoms with E-state index in [4.69, 9.17) is 23.5 Å². The van der Waals surface area contributed by atoms with Crippen LogP contribution in [-0.4, -0.2) is 67.8 Å². The maximum absolute atomic E-state index is 13.4. The number of piperazine rings is 1. The molecule has 2 aliphatic heterocycles. The SMILES string of the molecule is COCOc1c(C)c(C)c2c(c1C)CCC(C)(C([O-])=Nc1c[n+](N3CCN(C(=O)OCc4ccccc4)CC3)no1)O2. The molecule has 42 heavy (non-hydrogen) atoms. The minimum atomic E-state index is -1.16. The van der Waals surface area contributed by atoms with Crippen LogP contribution in [0.15, 0.2) is 46.0 Å². The molecule has 0 aliphatic carbocycles. The molecule has 3 heterocycles. The maximum atomic E-state index is 13.4. The zero-order chi connectivity index (χ0) is 29.9. The van der Waals surface area contributed by atoms with Crippen LogP contribution in [0.25, 0.3) is 0 Å². The standard InChI is InChI=1S/C30H37N5O7/c1-20-21(2)27-24(22(3)26(20)40-19-38-5)11-12-30(4,41-27)28(36)31-25-17-35(32-42-25)34-15-13-33(14-16-34)29(37)39-18-23-9-7-6-8-10-23/h6-10,17H,11-16,18-19H2,1-5H3. The van der Waals surface area contributed by atoms with Crippen molar-refractivity contribution < 1.29 is 38.2 Å². The average molecular weight is 580 g/mol. The fraction of sp³-hybridized carbons (Fsp3) is 0.467. The smallest absolute Gasteiger partial charge is 0.410 e. The third-order valence-corrected chi connectivity index (χ3v) is 7.93. The minimum Gasteiger partial charge on any atom is -0.859 e. The number of hydrogen-bond acceptors (Lipinski definition) is 10. The number of rotatable bonds is 8. The first kappa shape index (κ1) is 29.2. The van der Waals surface area contributed by atoms with Crippen molar-refractivity contribution in [3.05, 3.63) is 64.3 Å². The number of carbonyl (C=O) groups excluding carboxylic acids is 1. The first-order valence-electron chi connectivity index (χ1n) is 14.0. The molecule has 1 fully saturated rings. The molecule has 0 bridgehead atoms. The largest absolute Gasteiger partial charge is 0.859 e. The molecule has 0 saturated carbocycles. The van der Waals surface area contributed by atoms with E-state index in [1.807, 2.05) is 56.1 Å². The molecule has 2 aromatic carbocycles. The Bertz CT molecular complexity index is 1450. The van der Waals surface area contributed by atoms with E-state index < -0.39 is 11.5 Å². The van der Waals surface area contributed by atoms with Gasteiger partial charge in [-0.15, -0.1) is 5.01 Å². The number of aromatic nitrogens is 2. The van der Waals surface area contributed by atoms with Gasteiger partial charge in [-0.25, -0.2) is 9.79 Å². The quantitative estimate of drug-likeness (QED) is 0.171. The van der Waals surface area contributed by atoms with Crippen molar-refractivity contribution in [1.82, 2.24) is 10.2 Å². The molecule has 1 amide bonds. The lowest BCUT2D eigenvalue weighted by molar-refractivity contribution is -0.759. The molecule has 12 heteroatoms. The van der Waals surface area contributed by atoms with E-state index >= 15 is 0 Å². The highest BCUT2D eigenvalue weighted by Crippen LogP contribution is 2.44. The van der Waals surface area contributed by atoms with Crippen LogP contribution >= 0.6 is 0 Å². The van der Waals surface area contributed by atoms with Gasteiger partial charge in [-0.05, 0) is 62.8 Å². The topological polar surface area (TPSA) is 126 Å². The summed E-state index contributed by atoms with van der Waals surface area (Å²) in [6.07, 6.45) is 2.29. The van der Waals surface area contributed by atoms with Crippen LogP contribution < -0.4 is 24.4 Å². The maximum Gasteiger partial charge on any atom is 0.410 e. The van der Waals surface area contributed by atoms with Gasteiger partial charge in [0.2, 0.25) is 5.27 Å². The third kappa shape index (κ3) is 5.98. The van der Waals surface area contributed by atoms with Crippen molar-refractivity contribution in [3.63, 3.8) is 0 Å². The van der Waals surface area contributed by atoms with E-state index in [0.717, 1.165) is 33.6 Å². The van der Waals surface area contributed by atoms with E-state index in [9.17, 15) is 9.90 Å². The zero-order valence-electron chi connectivity index (χ0n) is 24.7. The van der Waals surface area contributed by atoms with Gasteiger partial charge >= 0.3 is 12.0 Å². The Labute approximate surface area is 245 Å². The van der Waals surface area contributed by atoms with Gasteiger partial charge in [0.15, 0.2) is 6.79 Å². The number of ether oxygens (including phenoxy) is 4. The van der Waals surface area contributed by atoms with Crippen molar-refractivity contribution in [2.45, 2.75) is 52.7 Å². The lowest BCUT2D eigenvalue weighted by Gasteiger charge is -2.40. The molecule has 1 atom stereocenters. The Balaban J connectivity index is 1.21. The number of fused-ring (bicyclic) bond motifs is 1. The van der Waals surface area contributed by atoms with Crippen LogP contribution in [0.3, 0.4) is 0 Å². The second kappa shape index (κ2) is 12.3.